The molecule has 2 heteroatoms. The van der Waals surface area contributed by atoms with Crippen molar-refractivity contribution >= 4 is 21.6 Å². The largest absolute Gasteiger partial charge is 0.384 e. The van der Waals surface area contributed by atoms with Crippen LogP contribution in [0.15, 0.2) is 16.6 Å². The quantitative estimate of drug-likeness (QED) is 0.681. The Morgan fingerprint density at radius 1 is 1.22 bits per heavy atom. The molecule has 0 saturated heterocycles. The predicted octanol–water partition coefficient (Wildman–Crippen LogP) is 5.69. The monoisotopic (exact) mass is 311 g/mol. The highest BCUT2D eigenvalue weighted by atomic mass is 79.9. The normalized spacial score (nSPS) is 12.5. The molecule has 0 bridgehead atoms. The van der Waals surface area contributed by atoms with Gasteiger partial charge in [-0.3, -0.25) is 0 Å². The number of hydrogen-bond acceptors (Lipinski definition) is 1. The number of hydrogen-bond donors (Lipinski definition) is 1. The summed E-state index contributed by atoms with van der Waals surface area (Å²) in [4.78, 5) is 0. The molecule has 1 aromatic carbocycles. The summed E-state index contributed by atoms with van der Waals surface area (Å²) in [5.74, 6) is 0.789. The summed E-state index contributed by atoms with van der Waals surface area (Å²) in [7, 11) is 0. The molecule has 1 N–H and O–H groups in total. The van der Waals surface area contributed by atoms with E-state index in [-0.39, 0.29) is 0 Å². The van der Waals surface area contributed by atoms with Gasteiger partial charge in [0, 0.05) is 11.0 Å². The lowest BCUT2D eigenvalue weighted by atomic mass is 9.99. The van der Waals surface area contributed by atoms with Crippen molar-refractivity contribution in [2.75, 3.05) is 11.9 Å². The number of benzene rings is 1. The third-order valence-electron chi connectivity index (χ3n) is 3.54. The zero-order chi connectivity index (χ0) is 13.5. The number of nitrogens with one attached hydrogen (secondary N) is 1. The topological polar surface area (TPSA) is 12.0 Å². The molecular formula is C16H26BrN. The van der Waals surface area contributed by atoms with Crippen molar-refractivity contribution in [3.05, 3.63) is 27.7 Å². The molecule has 0 saturated carbocycles. The zero-order valence-corrected chi connectivity index (χ0v) is 13.7. The van der Waals surface area contributed by atoms with E-state index in [0.29, 0.717) is 0 Å². The van der Waals surface area contributed by atoms with Gasteiger partial charge in [0.1, 0.15) is 0 Å². The number of rotatable bonds is 7. The number of halogens is 1. The minimum Gasteiger partial charge on any atom is -0.384 e. The predicted molar refractivity (Wildman–Crippen MR) is 85.4 cm³/mol. The van der Waals surface area contributed by atoms with E-state index in [0.717, 1.165) is 12.5 Å². The second-order valence-electron chi connectivity index (χ2n) is 5.24. The molecule has 1 atom stereocenters. The van der Waals surface area contributed by atoms with Crippen LogP contribution in [0.5, 0.6) is 0 Å². The van der Waals surface area contributed by atoms with E-state index >= 15 is 0 Å². The Hall–Kier alpha value is -0.500. The third kappa shape index (κ3) is 4.64. The van der Waals surface area contributed by atoms with Crippen molar-refractivity contribution in [3.8, 4) is 0 Å². The highest BCUT2D eigenvalue weighted by Gasteiger charge is 2.09. The SMILES string of the molecule is CCCCC(CC)CNc1c(C)cc(C)cc1Br. The van der Waals surface area contributed by atoms with Crippen molar-refractivity contribution < 1.29 is 0 Å². The van der Waals surface area contributed by atoms with Crippen LogP contribution in [0.25, 0.3) is 0 Å². The number of aryl methyl sites for hydroxylation is 2. The van der Waals surface area contributed by atoms with E-state index < -0.39 is 0 Å². The van der Waals surface area contributed by atoms with Crippen molar-refractivity contribution in [3.63, 3.8) is 0 Å². The highest BCUT2D eigenvalue weighted by molar-refractivity contribution is 9.10. The van der Waals surface area contributed by atoms with Crippen LogP contribution < -0.4 is 5.32 Å². The van der Waals surface area contributed by atoms with Gasteiger partial charge >= 0.3 is 0 Å². The first-order chi connectivity index (χ1) is 8.58. The molecule has 18 heavy (non-hydrogen) atoms. The van der Waals surface area contributed by atoms with Gasteiger partial charge < -0.3 is 5.32 Å². The maximum Gasteiger partial charge on any atom is 0.0514 e. The fourth-order valence-corrected chi connectivity index (χ4v) is 3.14. The Labute approximate surface area is 120 Å². The second kappa shape index (κ2) is 7.83. The summed E-state index contributed by atoms with van der Waals surface area (Å²) >= 11 is 3.66. The molecule has 1 aromatic rings. The molecule has 0 aliphatic carbocycles. The van der Waals surface area contributed by atoms with Crippen molar-refractivity contribution in [1.82, 2.24) is 0 Å². The van der Waals surface area contributed by atoms with Crippen LogP contribution >= 0.6 is 15.9 Å². The van der Waals surface area contributed by atoms with Gasteiger partial charge in [-0.15, -0.1) is 0 Å². The lowest BCUT2D eigenvalue weighted by Gasteiger charge is -2.18. The molecule has 0 fully saturated rings. The molecule has 1 rings (SSSR count). The van der Waals surface area contributed by atoms with Gasteiger partial charge in [0.2, 0.25) is 0 Å². The van der Waals surface area contributed by atoms with E-state index in [2.05, 4.69) is 61.1 Å². The van der Waals surface area contributed by atoms with Gasteiger partial charge in [-0.2, -0.15) is 0 Å². The molecule has 0 aromatic heterocycles. The fourth-order valence-electron chi connectivity index (χ4n) is 2.33. The van der Waals surface area contributed by atoms with Crippen LogP contribution in [-0.2, 0) is 0 Å². The maximum absolute atomic E-state index is 3.66. The standard InChI is InChI=1S/C16H26BrN/c1-5-7-8-14(6-2)11-18-16-13(4)9-12(3)10-15(16)17/h9-10,14,18H,5-8,11H2,1-4H3. The third-order valence-corrected chi connectivity index (χ3v) is 4.17. The molecule has 0 amide bonds. The molecule has 0 aliphatic rings. The van der Waals surface area contributed by atoms with Crippen LogP contribution in [0.1, 0.15) is 50.7 Å². The molecule has 0 spiro atoms. The Morgan fingerprint density at radius 2 is 1.94 bits per heavy atom. The van der Waals surface area contributed by atoms with Gasteiger partial charge in [0.15, 0.2) is 0 Å². The van der Waals surface area contributed by atoms with Crippen molar-refractivity contribution in [1.29, 1.82) is 0 Å². The van der Waals surface area contributed by atoms with Crippen LogP contribution in [0, 0.1) is 19.8 Å². The van der Waals surface area contributed by atoms with Crippen molar-refractivity contribution in [2.45, 2.75) is 53.4 Å². The second-order valence-corrected chi connectivity index (χ2v) is 6.09. The molecule has 1 nitrogen and oxygen atoms in total. The lowest BCUT2D eigenvalue weighted by molar-refractivity contribution is 0.472. The average molecular weight is 312 g/mol. The Bertz CT molecular complexity index is 350. The Balaban J connectivity index is 2.62. The van der Waals surface area contributed by atoms with Gasteiger partial charge in [-0.25, -0.2) is 0 Å². The van der Waals surface area contributed by atoms with Crippen LogP contribution in [-0.4, -0.2) is 6.54 Å². The zero-order valence-electron chi connectivity index (χ0n) is 12.1. The molecule has 0 radical (unpaired) electrons. The summed E-state index contributed by atoms with van der Waals surface area (Å²) in [6, 6.07) is 4.42. The first kappa shape index (κ1) is 15.6. The lowest BCUT2D eigenvalue weighted by Crippen LogP contribution is -2.14. The molecular weight excluding hydrogens is 286 g/mol. The maximum atomic E-state index is 3.66. The first-order valence-electron chi connectivity index (χ1n) is 7.09. The summed E-state index contributed by atoms with van der Waals surface area (Å²) in [5.41, 5.74) is 3.89. The molecule has 0 aliphatic heterocycles. The van der Waals surface area contributed by atoms with Gasteiger partial charge in [0.05, 0.1) is 5.69 Å². The van der Waals surface area contributed by atoms with E-state index in [9.17, 15) is 0 Å². The Morgan fingerprint density at radius 3 is 2.50 bits per heavy atom. The Kier molecular flexibility index (Phi) is 6.77. The summed E-state index contributed by atoms with van der Waals surface area (Å²) in [5, 5.41) is 3.62. The number of anilines is 1. The number of unbranched alkanes of at least 4 members (excludes halogenated alkanes) is 1. The van der Waals surface area contributed by atoms with Gasteiger partial charge in [0.25, 0.3) is 0 Å². The summed E-state index contributed by atoms with van der Waals surface area (Å²) in [6.07, 6.45) is 5.23. The van der Waals surface area contributed by atoms with E-state index in [4.69, 9.17) is 0 Å². The minimum atomic E-state index is 0.789. The van der Waals surface area contributed by atoms with Crippen LogP contribution in [0.3, 0.4) is 0 Å². The van der Waals surface area contributed by atoms with E-state index in [1.54, 1.807) is 0 Å². The first-order valence-corrected chi connectivity index (χ1v) is 7.88. The minimum absolute atomic E-state index is 0.789. The van der Waals surface area contributed by atoms with E-state index in [1.807, 2.05) is 0 Å². The fraction of sp³-hybridized carbons (Fsp3) is 0.625. The van der Waals surface area contributed by atoms with Gasteiger partial charge in [-0.05, 0) is 59.3 Å². The van der Waals surface area contributed by atoms with Crippen LogP contribution in [0.4, 0.5) is 5.69 Å². The highest BCUT2D eigenvalue weighted by Crippen LogP contribution is 2.28. The smallest absolute Gasteiger partial charge is 0.0514 e. The van der Waals surface area contributed by atoms with Gasteiger partial charge in [-0.1, -0.05) is 39.2 Å². The van der Waals surface area contributed by atoms with Crippen LogP contribution in [0.2, 0.25) is 0 Å². The van der Waals surface area contributed by atoms with E-state index in [1.165, 1.54) is 47.0 Å². The van der Waals surface area contributed by atoms with Crippen molar-refractivity contribution in [2.24, 2.45) is 5.92 Å². The molecule has 102 valence electrons. The molecule has 0 heterocycles. The summed E-state index contributed by atoms with van der Waals surface area (Å²) in [6.45, 7) is 9.95. The summed E-state index contributed by atoms with van der Waals surface area (Å²) < 4.78 is 1.19. The molecule has 1 unspecified atom stereocenters. The average Bonchev–Trinajstić information content (AvgIpc) is 2.31.